The molecule has 10 aromatic rings. The lowest BCUT2D eigenvalue weighted by Gasteiger charge is -2.28. The average molecular weight is 653 g/mol. The fourth-order valence-electron chi connectivity index (χ4n) is 7.95. The van der Waals surface area contributed by atoms with Crippen LogP contribution < -0.4 is 4.90 Å². The van der Waals surface area contributed by atoms with Crippen molar-refractivity contribution in [2.75, 3.05) is 4.90 Å². The first kappa shape index (κ1) is 27.9. The van der Waals surface area contributed by atoms with Gasteiger partial charge in [-0.15, -0.1) is 10.2 Å². The number of hydrogen-bond acceptors (Lipinski definition) is 4. The van der Waals surface area contributed by atoms with Crippen molar-refractivity contribution >= 4 is 78.3 Å². The van der Waals surface area contributed by atoms with E-state index in [1.165, 1.54) is 21.5 Å². The smallest absolute Gasteiger partial charge is 0.169 e. The van der Waals surface area contributed by atoms with Crippen molar-refractivity contribution in [2.45, 2.75) is 0 Å². The van der Waals surface area contributed by atoms with Crippen molar-refractivity contribution in [3.63, 3.8) is 0 Å². The molecule has 0 unspecified atom stereocenters. The molecule has 0 bridgehead atoms. The van der Waals surface area contributed by atoms with Gasteiger partial charge in [0, 0.05) is 39.0 Å². The number of anilines is 3. The standard InChI is InChI=1S/C45H28N6/c1-6-16-38-29(11-1)20-21-30-22-23-31(44-47-48-45-37-15-3-2-12-33(37)34-13-4-8-18-40(34)51(44)45)27-41(30)49(38)32-24-25-36-35-14-5-7-17-39(35)50(42(36)28-32)43-19-9-10-26-46-43/h1-28H. The maximum atomic E-state index is 4.86. The maximum absolute atomic E-state index is 4.86. The number of aromatic nitrogens is 5. The first-order valence-corrected chi connectivity index (χ1v) is 17.1. The van der Waals surface area contributed by atoms with E-state index in [-0.39, 0.29) is 0 Å². The highest BCUT2D eigenvalue weighted by Crippen LogP contribution is 2.45. The Kier molecular flexibility index (Phi) is 5.86. The van der Waals surface area contributed by atoms with Gasteiger partial charge in [0.15, 0.2) is 11.5 Å². The van der Waals surface area contributed by atoms with Crippen LogP contribution in [0.3, 0.4) is 0 Å². The number of nitrogens with zero attached hydrogens (tertiary/aromatic N) is 6. The topological polar surface area (TPSA) is 51.2 Å². The highest BCUT2D eigenvalue weighted by molar-refractivity contribution is 6.13. The Labute approximate surface area is 292 Å². The van der Waals surface area contributed by atoms with Crippen molar-refractivity contribution in [3.05, 3.63) is 169 Å². The van der Waals surface area contributed by atoms with Crippen LogP contribution in [0, 0.1) is 0 Å². The van der Waals surface area contributed by atoms with E-state index in [4.69, 9.17) is 15.2 Å². The molecule has 1 aliphatic rings. The zero-order chi connectivity index (χ0) is 33.5. The van der Waals surface area contributed by atoms with Gasteiger partial charge in [-0.3, -0.25) is 8.97 Å². The number of pyridine rings is 2. The molecule has 6 aromatic carbocycles. The second kappa shape index (κ2) is 10.7. The lowest BCUT2D eigenvalue weighted by Crippen LogP contribution is -2.12. The average Bonchev–Trinajstić information content (AvgIpc) is 3.74. The van der Waals surface area contributed by atoms with E-state index >= 15 is 0 Å². The summed E-state index contributed by atoms with van der Waals surface area (Å²) in [6.45, 7) is 0. The maximum Gasteiger partial charge on any atom is 0.169 e. The highest BCUT2D eigenvalue weighted by Gasteiger charge is 2.24. The van der Waals surface area contributed by atoms with E-state index in [0.717, 1.165) is 73.0 Å². The van der Waals surface area contributed by atoms with Crippen LogP contribution in [0.4, 0.5) is 17.1 Å². The third-order valence-electron chi connectivity index (χ3n) is 10.2. The molecule has 4 aromatic heterocycles. The fraction of sp³-hybridized carbons (Fsp3) is 0. The van der Waals surface area contributed by atoms with Crippen molar-refractivity contribution in [1.82, 2.24) is 24.1 Å². The molecule has 0 fully saturated rings. The quantitative estimate of drug-likeness (QED) is 0.178. The van der Waals surface area contributed by atoms with Crippen molar-refractivity contribution in [2.24, 2.45) is 0 Å². The number of hydrogen-bond donors (Lipinski definition) is 0. The summed E-state index contributed by atoms with van der Waals surface area (Å²) in [7, 11) is 0. The first-order valence-electron chi connectivity index (χ1n) is 17.1. The third kappa shape index (κ3) is 4.07. The van der Waals surface area contributed by atoms with Gasteiger partial charge in [0.25, 0.3) is 0 Å². The van der Waals surface area contributed by atoms with Gasteiger partial charge in [0.1, 0.15) is 5.82 Å². The predicted molar refractivity (Wildman–Crippen MR) is 209 cm³/mol. The highest BCUT2D eigenvalue weighted by atomic mass is 15.3. The molecule has 6 heteroatoms. The minimum absolute atomic E-state index is 0.807. The second-order valence-electron chi connectivity index (χ2n) is 13.0. The number of rotatable bonds is 3. The third-order valence-corrected chi connectivity index (χ3v) is 10.2. The van der Waals surface area contributed by atoms with Gasteiger partial charge in [-0.1, -0.05) is 115 Å². The van der Waals surface area contributed by atoms with Crippen LogP contribution >= 0.6 is 0 Å². The van der Waals surface area contributed by atoms with Gasteiger partial charge in [-0.05, 0) is 65.0 Å². The molecule has 0 aliphatic carbocycles. The first-order chi connectivity index (χ1) is 25.3. The molecule has 0 saturated carbocycles. The molecule has 0 saturated heterocycles. The molecule has 0 N–H and O–H groups in total. The van der Waals surface area contributed by atoms with E-state index in [1.807, 2.05) is 18.3 Å². The van der Waals surface area contributed by atoms with E-state index in [9.17, 15) is 0 Å². The Bertz CT molecular complexity index is 3040. The SMILES string of the molecule is C1=Cc2ccc(-c3nnc4c5ccccc5c5ccccc5n34)cc2N(c2ccc3c4ccccc4n(-c4ccccn4)c3c2)c2ccccc21. The van der Waals surface area contributed by atoms with Gasteiger partial charge >= 0.3 is 0 Å². The Balaban J connectivity index is 1.17. The summed E-state index contributed by atoms with van der Waals surface area (Å²) in [6, 6.07) is 53.6. The Morgan fingerprint density at radius 1 is 0.451 bits per heavy atom. The van der Waals surface area contributed by atoms with Crippen LogP contribution in [0.1, 0.15) is 11.1 Å². The lowest BCUT2D eigenvalue weighted by atomic mass is 10.0. The summed E-state index contributed by atoms with van der Waals surface area (Å²) in [5.74, 6) is 1.70. The minimum Gasteiger partial charge on any atom is -0.309 e. The zero-order valence-corrected chi connectivity index (χ0v) is 27.3. The zero-order valence-electron chi connectivity index (χ0n) is 27.3. The van der Waals surface area contributed by atoms with Crippen LogP contribution in [0.5, 0.6) is 0 Å². The molecular weight excluding hydrogens is 625 g/mol. The molecule has 0 spiro atoms. The molecule has 51 heavy (non-hydrogen) atoms. The molecule has 6 nitrogen and oxygen atoms in total. The Hall–Kier alpha value is -7.05. The van der Waals surface area contributed by atoms with Crippen molar-refractivity contribution in [1.29, 1.82) is 0 Å². The summed E-state index contributed by atoms with van der Waals surface area (Å²) < 4.78 is 4.48. The van der Waals surface area contributed by atoms with Crippen LogP contribution in [0.25, 0.3) is 78.5 Å². The van der Waals surface area contributed by atoms with Crippen molar-refractivity contribution in [3.8, 4) is 17.2 Å². The molecule has 5 heterocycles. The van der Waals surface area contributed by atoms with Crippen LogP contribution in [0.15, 0.2) is 158 Å². The summed E-state index contributed by atoms with van der Waals surface area (Å²) in [6.07, 6.45) is 6.28. The van der Waals surface area contributed by atoms with Crippen LogP contribution in [-0.4, -0.2) is 24.1 Å². The van der Waals surface area contributed by atoms with Crippen LogP contribution in [-0.2, 0) is 0 Å². The fourth-order valence-corrected chi connectivity index (χ4v) is 7.95. The lowest BCUT2D eigenvalue weighted by molar-refractivity contribution is 1.08. The Morgan fingerprint density at radius 3 is 1.98 bits per heavy atom. The molecule has 238 valence electrons. The van der Waals surface area contributed by atoms with Gasteiger partial charge < -0.3 is 4.90 Å². The monoisotopic (exact) mass is 652 g/mol. The van der Waals surface area contributed by atoms with Gasteiger partial charge in [-0.25, -0.2) is 4.98 Å². The normalized spacial score (nSPS) is 12.6. The molecule has 11 rings (SSSR count). The summed E-state index contributed by atoms with van der Waals surface area (Å²) in [5, 5.41) is 15.5. The van der Waals surface area contributed by atoms with Crippen LogP contribution in [0.2, 0.25) is 0 Å². The van der Waals surface area contributed by atoms with E-state index < -0.39 is 0 Å². The van der Waals surface area contributed by atoms with E-state index in [0.29, 0.717) is 0 Å². The molecule has 0 atom stereocenters. The van der Waals surface area contributed by atoms with E-state index in [1.54, 1.807) is 0 Å². The van der Waals surface area contributed by atoms with Gasteiger partial charge in [0.2, 0.25) is 0 Å². The van der Waals surface area contributed by atoms with E-state index in [2.05, 4.69) is 166 Å². The van der Waals surface area contributed by atoms with Crippen molar-refractivity contribution < 1.29 is 0 Å². The van der Waals surface area contributed by atoms with Gasteiger partial charge in [-0.2, -0.15) is 0 Å². The summed E-state index contributed by atoms with van der Waals surface area (Å²) >= 11 is 0. The number of para-hydroxylation sites is 3. The van der Waals surface area contributed by atoms with Gasteiger partial charge in [0.05, 0.1) is 27.9 Å². The summed E-state index contributed by atoms with van der Waals surface area (Å²) in [4.78, 5) is 7.16. The molecule has 1 aliphatic heterocycles. The largest absolute Gasteiger partial charge is 0.309 e. The second-order valence-corrected chi connectivity index (χ2v) is 13.0. The predicted octanol–water partition coefficient (Wildman–Crippen LogP) is 11.1. The number of benzene rings is 6. The minimum atomic E-state index is 0.807. The number of fused-ring (bicyclic) bond motifs is 11. The molecule has 0 amide bonds. The summed E-state index contributed by atoms with van der Waals surface area (Å²) in [5.41, 5.74) is 10.6. The Morgan fingerprint density at radius 2 is 1.14 bits per heavy atom. The molecular formula is C45H28N6. The molecule has 0 radical (unpaired) electrons.